The highest BCUT2D eigenvalue weighted by Crippen LogP contribution is 2.29. The zero-order valence-corrected chi connectivity index (χ0v) is 23.2. The minimum absolute atomic E-state index is 0.0764. The summed E-state index contributed by atoms with van der Waals surface area (Å²) in [5.41, 5.74) is 0.578. The van der Waals surface area contributed by atoms with E-state index in [4.69, 9.17) is 9.47 Å². The third kappa shape index (κ3) is 6.61. The zero-order valence-electron chi connectivity index (χ0n) is 15.9. The first kappa shape index (κ1) is 25.3. The quantitative estimate of drug-likeness (QED) is 0.153. The van der Waals surface area contributed by atoms with Crippen LogP contribution in [0.4, 0.5) is 0 Å². The van der Waals surface area contributed by atoms with Gasteiger partial charge < -0.3 is 14.0 Å². The lowest BCUT2D eigenvalue weighted by atomic mass is 10.0. The summed E-state index contributed by atoms with van der Waals surface area (Å²) in [6.45, 7) is 0. The van der Waals surface area contributed by atoms with Crippen LogP contribution in [0, 0.1) is 10.7 Å². The third-order valence-electron chi connectivity index (χ3n) is 4.05. The van der Waals surface area contributed by atoms with Gasteiger partial charge in [0.1, 0.15) is 21.6 Å². The van der Waals surface area contributed by atoms with Crippen LogP contribution in [0.1, 0.15) is 15.9 Å². The number of hydrogen-bond donors (Lipinski definition) is 0. The van der Waals surface area contributed by atoms with Gasteiger partial charge in [0.05, 0.1) is 16.9 Å². The minimum Gasteiger partial charge on any atom is -0.744 e. The molecular weight excluding hydrogens is 777 g/mol. The highest BCUT2D eigenvalue weighted by atomic mass is 127. The average Bonchev–Trinajstić information content (AvgIpc) is 2.68. The maximum absolute atomic E-state index is 12.8. The summed E-state index contributed by atoms with van der Waals surface area (Å²) in [6.07, 6.45) is -0.153. The lowest BCUT2D eigenvalue weighted by molar-refractivity contribution is -0.133. The predicted molar refractivity (Wildman–Crippen MR) is 140 cm³/mol. The van der Waals surface area contributed by atoms with E-state index in [0.717, 1.165) is 3.57 Å². The maximum atomic E-state index is 12.8. The number of carbonyl (C=O) groups is 2. The van der Waals surface area contributed by atoms with Gasteiger partial charge in [-0.15, -0.1) is 0 Å². The molecule has 166 valence electrons. The summed E-state index contributed by atoms with van der Waals surface area (Å²) >= 11 is 5.53. The van der Waals surface area contributed by atoms with Gasteiger partial charge in [-0.25, -0.2) is 13.2 Å². The molecule has 0 unspecified atom stereocenters. The van der Waals surface area contributed by atoms with Crippen LogP contribution >= 0.6 is 67.8 Å². The Kier molecular flexibility index (Phi) is 8.51. The second-order valence-electron chi connectivity index (χ2n) is 6.32. The van der Waals surface area contributed by atoms with Crippen molar-refractivity contribution in [1.82, 2.24) is 0 Å². The Morgan fingerprint density at radius 1 is 0.844 bits per heavy atom. The molecule has 0 saturated heterocycles. The van der Waals surface area contributed by atoms with E-state index in [1.165, 1.54) is 18.2 Å². The number of benzene rings is 3. The number of ether oxygens (including phenoxy) is 2. The van der Waals surface area contributed by atoms with E-state index in [0.29, 0.717) is 11.3 Å². The van der Waals surface area contributed by atoms with Crippen molar-refractivity contribution in [2.45, 2.75) is 11.3 Å². The van der Waals surface area contributed by atoms with Crippen molar-refractivity contribution >= 4 is 89.8 Å². The number of rotatable bonds is 6. The molecule has 3 aromatic carbocycles. The molecule has 0 radical (unpaired) electrons. The number of esters is 2. The molecule has 0 aliphatic carbocycles. The van der Waals surface area contributed by atoms with Crippen LogP contribution in [0.3, 0.4) is 0 Å². The SMILES string of the molecule is O=C(Cc1ccccc1C(=O)Oc1cc(I)c(S(=O)(=O)[O-])c(I)c1)Oc1ccc(I)cc1. The molecule has 3 rings (SSSR count). The molecule has 32 heavy (non-hydrogen) atoms. The topological polar surface area (TPSA) is 110 Å². The normalized spacial score (nSPS) is 11.1. The van der Waals surface area contributed by atoms with Crippen molar-refractivity contribution < 1.29 is 32.0 Å². The van der Waals surface area contributed by atoms with Crippen LogP contribution in [0.2, 0.25) is 0 Å². The maximum Gasteiger partial charge on any atom is 0.343 e. The van der Waals surface area contributed by atoms with Gasteiger partial charge in [0.2, 0.25) is 0 Å². The van der Waals surface area contributed by atoms with Crippen LogP contribution in [-0.4, -0.2) is 24.9 Å². The largest absolute Gasteiger partial charge is 0.744 e. The van der Waals surface area contributed by atoms with Crippen LogP contribution in [0.25, 0.3) is 0 Å². The van der Waals surface area contributed by atoms with Gasteiger partial charge in [-0.1, -0.05) is 18.2 Å². The van der Waals surface area contributed by atoms with Gasteiger partial charge in [0.25, 0.3) is 0 Å². The Bertz CT molecular complexity index is 1270. The van der Waals surface area contributed by atoms with E-state index < -0.39 is 22.1 Å². The number of carbonyl (C=O) groups excluding carboxylic acids is 2. The van der Waals surface area contributed by atoms with Gasteiger partial charge >= 0.3 is 11.9 Å². The highest BCUT2D eigenvalue weighted by molar-refractivity contribution is 14.1. The van der Waals surface area contributed by atoms with Gasteiger partial charge in [-0.3, -0.25) is 4.79 Å². The van der Waals surface area contributed by atoms with E-state index in [9.17, 15) is 22.6 Å². The fourth-order valence-corrected chi connectivity index (χ4v) is 6.98. The second-order valence-corrected chi connectivity index (χ2v) is 11.2. The average molecular weight is 789 g/mol. The van der Waals surface area contributed by atoms with Crippen LogP contribution in [0.5, 0.6) is 11.5 Å². The van der Waals surface area contributed by atoms with Crippen molar-refractivity contribution in [3.05, 3.63) is 82.5 Å². The van der Waals surface area contributed by atoms with Crippen molar-refractivity contribution in [2.24, 2.45) is 0 Å². The van der Waals surface area contributed by atoms with Crippen LogP contribution < -0.4 is 9.47 Å². The fraction of sp³-hybridized carbons (Fsp3) is 0.0476. The van der Waals surface area contributed by atoms with E-state index in [1.807, 2.05) is 0 Å². The first-order valence-electron chi connectivity index (χ1n) is 8.76. The molecule has 7 nitrogen and oxygen atoms in total. The van der Waals surface area contributed by atoms with Gasteiger partial charge in [0, 0.05) is 10.7 Å². The van der Waals surface area contributed by atoms with E-state index in [-0.39, 0.29) is 29.8 Å². The lowest BCUT2D eigenvalue weighted by Crippen LogP contribution is -2.17. The van der Waals surface area contributed by atoms with Crippen LogP contribution in [0.15, 0.2) is 65.6 Å². The molecule has 0 saturated carbocycles. The summed E-state index contributed by atoms with van der Waals surface area (Å²) in [4.78, 5) is 24.7. The molecule has 0 heterocycles. The standard InChI is InChI=1S/C21H13I3O7S/c22-13-5-7-14(8-6-13)30-19(25)9-12-3-1-2-4-16(12)21(26)31-15-10-17(23)20(18(24)11-15)32(27,28)29/h1-8,10-11H,9H2,(H,27,28,29)/p-1. The molecule has 11 heteroatoms. The molecule has 0 N–H and O–H groups in total. The van der Waals surface area contributed by atoms with Crippen molar-refractivity contribution in [2.75, 3.05) is 0 Å². The first-order valence-corrected chi connectivity index (χ1v) is 13.4. The van der Waals surface area contributed by atoms with Crippen LogP contribution in [-0.2, 0) is 21.3 Å². The van der Waals surface area contributed by atoms with Crippen molar-refractivity contribution in [1.29, 1.82) is 0 Å². The van der Waals surface area contributed by atoms with E-state index in [2.05, 4.69) is 22.6 Å². The first-order chi connectivity index (χ1) is 15.0. The van der Waals surface area contributed by atoms with Crippen molar-refractivity contribution in [3.8, 4) is 11.5 Å². The molecular formula is C21H12I3O7S-. The Labute approximate surface area is 225 Å². The minimum atomic E-state index is -4.67. The monoisotopic (exact) mass is 789 g/mol. The second kappa shape index (κ2) is 10.8. The third-order valence-corrected chi connectivity index (χ3v) is 8.14. The van der Waals surface area contributed by atoms with Gasteiger partial charge in [-0.2, -0.15) is 0 Å². The number of halogens is 3. The molecule has 0 spiro atoms. The molecule has 0 aromatic heterocycles. The molecule has 0 atom stereocenters. The van der Waals surface area contributed by atoms with E-state index in [1.54, 1.807) is 87.6 Å². The zero-order chi connectivity index (χ0) is 23.5. The molecule has 0 aliphatic heterocycles. The summed E-state index contributed by atoms with van der Waals surface area (Å²) < 4.78 is 46.2. The Morgan fingerprint density at radius 3 is 2.03 bits per heavy atom. The summed E-state index contributed by atoms with van der Waals surface area (Å²) in [6, 6.07) is 16.0. The summed E-state index contributed by atoms with van der Waals surface area (Å²) in [5, 5.41) is 0. The van der Waals surface area contributed by atoms with Gasteiger partial charge in [0.15, 0.2) is 0 Å². The Morgan fingerprint density at radius 2 is 1.44 bits per heavy atom. The fourth-order valence-electron chi connectivity index (χ4n) is 2.70. The molecule has 0 fully saturated rings. The van der Waals surface area contributed by atoms with Gasteiger partial charge in [-0.05, 0) is 116 Å². The highest BCUT2D eigenvalue weighted by Gasteiger charge is 2.19. The van der Waals surface area contributed by atoms with E-state index >= 15 is 0 Å². The molecule has 0 aliphatic rings. The molecule has 3 aromatic rings. The predicted octanol–water partition coefficient (Wildman–Crippen LogP) is 4.77. The smallest absolute Gasteiger partial charge is 0.343 e. The van der Waals surface area contributed by atoms with Crippen molar-refractivity contribution in [3.63, 3.8) is 0 Å². The Hall–Kier alpha value is -1.30. The molecule has 0 amide bonds. The summed E-state index contributed by atoms with van der Waals surface area (Å²) in [5.74, 6) is -0.798. The molecule has 0 bridgehead atoms. The number of hydrogen-bond acceptors (Lipinski definition) is 7. The summed E-state index contributed by atoms with van der Waals surface area (Å²) in [7, 11) is -4.67. The lowest BCUT2D eigenvalue weighted by Gasteiger charge is -2.14. The Balaban J connectivity index is 1.78.